The minimum Gasteiger partial charge on any atom is -0.380 e. The molecular formula is C16H14F3NO4S. The van der Waals surface area contributed by atoms with Crippen LogP contribution in [0.5, 0.6) is 5.75 Å². The van der Waals surface area contributed by atoms with E-state index in [9.17, 15) is 26.4 Å². The lowest BCUT2D eigenvalue weighted by Gasteiger charge is -2.12. The number of benzene rings is 2. The topological polar surface area (TPSA) is 72.5 Å². The van der Waals surface area contributed by atoms with Crippen molar-refractivity contribution in [2.75, 3.05) is 5.32 Å². The van der Waals surface area contributed by atoms with Crippen LogP contribution in [0.4, 0.5) is 18.9 Å². The first-order chi connectivity index (χ1) is 11.6. The Morgan fingerprint density at radius 2 is 1.80 bits per heavy atom. The summed E-state index contributed by atoms with van der Waals surface area (Å²) in [6.45, 7) is 1.24. The van der Waals surface area contributed by atoms with E-state index in [1.807, 2.05) is 0 Å². The van der Waals surface area contributed by atoms with Gasteiger partial charge < -0.3 is 9.50 Å². The van der Waals surface area contributed by atoms with Gasteiger partial charge in [-0.2, -0.15) is 21.6 Å². The summed E-state index contributed by atoms with van der Waals surface area (Å²) in [4.78, 5) is 11.1. The Labute approximate surface area is 142 Å². The van der Waals surface area contributed by atoms with Gasteiger partial charge in [0.1, 0.15) is 5.75 Å². The quantitative estimate of drug-likeness (QED) is 0.814. The molecule has 0 saturated heterocycles. The number of hydrogen-bond donors (Lipinski definition) is 1. The number of nitrogens with one attached hydrogen (secondary N) is 1. The van der Waals surface area contributed by atoms with Crippen molar-refractivity contribution >= 4 is 21.7 Å². The third kappa shape index (κ3) is 5.49. The molecule has 0 atom stereocenters. The first-order valence-electron chi connectivity index (χ1n) is 7.02. The normalized spacial score (nSPS) is 11.8. The number of alkyl halides is 3. The average molecular weight is 373 g/mol. The van der Waals surface area contributed by atoms with Crippen molar-refractivity contribution in [3.8, 4) is 5.75 Å². The molecule has 2 rings (SSSR count). The van der Waals surface area contributed by atoms with Crippen molar-refractivity contribution in [2.24, 2.45) is 0 Å². The van der Waals surface area contributed by atoms with E-state index in [4.69, 9.17) is 4.18 Å². The van der Waals surface area contributed by atoms with Gasteiger partial charge in [0.15, 0.2) is 5.75 Å². The van der Waals surface area contributed by atoms with Gasteiger partial charge in [0.2, 0.25) is 5.91 Å². The molecule has 0 aliphatic heterocycles. The number of carbonyl (C=O) groups excluding carboxylic acids is 1. The number of hydrogen-bond acceptors (Lipinski definition) is 4. The highest BCUT2D eigenvalue weighted by atomic mass is 32.2. The number of anilines is 1. The molecule has 0 aliphatic rings. The van der Waals surface area contributed by atoms with Crippen LogP contribution < -0.4 is 9.50 Å². The summed E-state index contributed by atoms with van der Waals surface area (Å²) in [5, 5.41) is 2.41. The monoisotopic (exact) mass is 373 g/mol. The standard InChI is InChI=1S/C16H14F3NO4S/c1-11(21)20-14-7-2-3-8-15(14)24-25(22,23)10-12-5-4-6-13(9-12)16(17,18)19/h2-9H,10H2,1H3,(H,20,21). The van der Waals surface area contributed by atoms with Crippen LogP contribution in [-0.2, 0) is 26.8 Å². The van der Waals surface area contributed by atoms with Crippen LogP contribution in [0.1, 0.15) is 18.1 Å². The first-order valence-corrected chi connectivity index (χ1v) is 8.59. The van der Waals surface area contributed by atoms with Crippen LogP contribution in [0.2, 0.25) is 0 Å². The molecule has 134 valence electrons. The lowest BCUT2D eigenvalue weighted by Crippen LogP contribution is -2.15. The van der Waals surface area contributed by atoms with E-state index < -0.39 is 33.5 Å². The van der Waals surface area contributed by atoms with E-state index in [0.29, 0.717) is 0 Å². The van der Waals surface area contributed by atoms with Crippen LogP contribution >= 0.6 is 0 Å². The molecule has 0 unspecified atom stereocenters. The molecule has 0 heterocycles. The second kappa shape index (κ2) is 7.14. The molecule has 2 aromatic rings. The lowest BCUT2D eigenvalue weighted by molar-refractivity contribution is -0.137. The highest BCUT2D eigenvalue weighted by Crippen LogP contribution is 2.30. The molecule has 0 saturated carbocycles. The zero-order valence-corrected chi connectivity index (χ0v) is 13.8. The highest BCUT2D eigenvalue weighted by Gasteiger charge is 2.30. The molecular weight excluding hydrogens is 359 g/mol. The second-order valence-electron chi connectivity index (χ2n) is 5.16. The summed E-state index contributed by atoms with van der Waals surface area (Å²) in [5.74, 6) is -1.29. The summed E-state index contributed by atoms with van der Waals surface area (Å²) >= 11 is 0. The number of amides is 1. The van der Waals surface area contributed by atoms with Crippen LogP contribution in [0.15, 0.2) is 48.5 Å². The maximum absolute atomic E-state index is 12.7. The first kappa shape index (κ1) is 18.8. The zero-order chi connectivity index (χ0) is 18.7. The van der Waals surface area contributed by atoms with Crippen molar-refractivity contribution in [1.29, 1.82) is 0 Å². The molecule has 0 aromatic heterocycles. The average Bonchev–Trinajstić information content (AvgIpc) is 2.47. The lowest BCUT2D eigenvalue weighted by atomic mass is 10.1. The minimum atomic E-state index is -4.57. The van der Waals surface area contributed by atoms with Gasteiger partial charge >= 0.3 is 16.3 Å². The van der Waals surface area contributed by atoms with Crippen LogP contribution in [0.25, 0.3) is 0 Å². The molecule has 5 nitrogen and oxygen atoms in total. The summed E-state index contributed by atoms with van der Waals surface area (Å²) < 4.78 is 67.3. The van der Waals surface area contributed by atoms with E-state index in [1.54, 1.807) is 6.07 Å². The van der Waals surface area contributed by atoms with Crippen LogP contribution in [-0.4, -0.2) is 14.3 Å². The summed E-state index contributed by atoms with van der Waals surface area (Å²) in [5.41, 5.74) is -0.867. The van der Waals surface area contributed by atoms with Gasteiger partial charge in [-0.15, -0.1) is 0 Å². The Morgan fingerprint density at radius 3 is 2.44 bits per heavy atom. The molecule has 1 amide bonds. The van der Waals surface area contributed by atoms with Crippen molar-refractivity contribution in [1.82, 2.24) is 0 Å². The fourth-order valence-electron chi connectivity index (χ4n) is 2.04. The maximum atomic E-state index is 12.7. The second-order valence-corrected chi connectivity index (χ2v) is 6.73. The van der Waals surface area contributed by atoms with Gasteiger partial charge in [0.05, 0.1) is 11.3 Å². The third-order valence-electron chi connectivity index (χ3n) is 3.01. The van der Waals surface area contributed by atoms with Crippen LogP contribution in [0.3, 0.4) is 0 Å². The van der Waals surface area contributed by atoms with Crippen molar-refractivity contribution in [3.63, 3.8) is 0 Å². The van der Waals surface area contributed by atoms with E-state index in [1.165, 1.54) is 31.2 Å². The Hall–Kier alpha value is -2.55. The largest absolute Gasteiger partial charge is 0.416 e. The number of carbonyl (C=O) groups is 1. The van der Waals surface area contributed by atoms with E-state index >= 15 is 0 Å². The predicted molar refractivity (Wildman–Crippen MR) is 85.4 cm³/mol. The van der Waals surface area contributed by atoms with Crippen molar-refractivity contribution in [2.45, 2.75) is 18.9 Å². The SMILES string of the molecule is CC(=O)Nc1ccccc1OS(=O)(=O)Cc1cccc(C(F)(F)F)c1. The summed E-state index contributed by atoms with van der Waals surface area (Å²) in [7, 11) is -4.23. The van der Waals surface area contributed by atoms with Crippen LogP contribution in [0, 0.1) is 0 Å². The summed E-state index contributed by atoms with van der Waals surface area (Å²) in [6, 6.07) is 9.82. The Kier molecular flexibility index (Phi) is 5.36. The van der Waals surface area contributed by atoms with Crippen molar-refractivity contribution in [3.05, 3.63) is 59.7 Å². The van der Waals surface area contributed by atoms with Gasteiger partial charge in [-0.1, -0.05) is 30.3 Å². The fraction of sp³-hybridized carbons (Fsp3) is 0.188. The maximum Gasteiger partial charge on any atom is 0.416 e. The van der Waals surface area contributed by atoms with E-state index in [0.717, 1.165) is 18.2 Å². The molecule has 0 spiro atoms. The van der Waals surface area contributed by atoms with Crippen molar-refractivity contribution < 1.29 is 30.6 Å². The zero-order valence-electron chi connectivity index (χ0n) is 13.0. The third-order valence-corrected chi connectivity index (χ3v) is 4.13. The Balaban J connectivity index is 2.23. The van der Waals surface area contributed by atoms with Gasteiger partial charge in [0, 0.05) is 6.92 Å². The number of rotatable bonds is 5. The van der Waals surface area contributed by atoms with Gasteiger partial charge in [-0.3, -0.25) is 4.79 Å². The molecule has 25 heavy (non-hydrogen) atoms. The van der Waals surface area contributed by atoms with E-state index in [-0.39, 0.29) is 17.0 Å². The predicted octanol–water partition coefficient (Wildman–Crippen LogP) is 3.57. The molecule has 0 aliphatic carbocycles. The number of halogens is 3. The highest BCUT2D eigenvalue weighted by molar-refractivity contribution is 7.86. The molecule has 2 aromatic carbocycles. The van der Waals surface area contributed by atoms with Gasteiger partial charge in [0.25, 0.3) is 0 Å². The molecule has 0 fully saturated rings. The number of para-hydroxylation sites is 2. The molecule has 0 radical (unpaired) electrons. The summed E-state index contributed by atoms with van der Waals surface area (Å²) in [6.07, 6.45) is -4.57. The van der Waals surface area contributed by atoms with Gasteiger partial charge in [-0.05, 0) is 23.8 Å². The van der Waals surface area contributed by atoms with Gasteiger partial charge in [-0.25, -0.2) is 0 Å². The Bertz CT molecular complexity index is 879. The molecule has 1 N–H and O–H groups in total. The molecule has 9 heteroatoms. The fourth-order valence-corrected chi connectivity index (χ4v) is 3.11. The van der Waals surface area contributed by atoms with E-state index in [2.05, 4.69) is 5.32 Å². The minimum absolute atomic E-state index is 0.0631. The molecule has 0 bridgehead atoms. The smallest absolute Gasteiger partial charge is 0.380 e. The Morgan fingerprint density at radius 1 is 1.12 bits per heavy atom.